The minimum absolute atomic E-state index is 0. The van der Waals surface area contributed by atoms with E-state index in [4.69, 9.17) is 4.98 Å². The Bertz CT molecular complexity index is 1390. The second kappa shape index (κ2) is 10.9. The first kappa shape index (κ1) is 27.9. The van der Waals surface area contributed by atoms with Crippen LogP contribution in [0.4, 0.5) is 0 Å². The van der Waals surface area contributed by atoms with Crippen LogP contribution in [0.2, 0.25) is 0 Å². The van der Waals surface area contributed by atoms with E-state index in [1.165, 1.54) is 44.2 Å². The first-order valence-corrected chi connectivity index (χ1v) is 10.8. The molecule has 5 rings (SSSR count). The third kappa shape index (κ3) is 4.63. The van der Waals surface area contributed by atoms with Gasteiger partial charge in [-0.3, -0.25) is 4.98 Å². The molecule has 0 fully saturated rings. The van der Waals surface area contributed by atoms with E-state index in [1.807, 2.05) is 6.07 Å². The predicted molar refractivity (Wildman–Crippen MR) is 134 cm³/mol. The van der Waals surface area contributed by atoms with E-state index in [2.05, 4.69) is 99.8 Å². The van der Waals surface area contributed by atoms with Crippen molar-refractivity contribution in [2.24, 2.45) is 0 Å². The van der Waals surface area contributed by atoms with E-state index in [9.17, 15) is 0 Å². The molecule has 33 heavy (non-hydrogen) atoms. The molecule has 3 aromatic carbocycles. The van der Waals surface area contributed by atoms with Gasteiger partial charge in [0.2, 0.25) is 0 Å². The summed E-state index contributed by atoms with van der Waals surface area (Å²) in [6, 6.07) is 23.1. The maximum Gasteiger partial charge on any atom is 0.0639 e. The van der Waals surface area contributed by atoms with Crippen LogP contribution in [0, 0.1) is 20.4 Å². The standard InChI is InChI=1S/C28H27N2.CH3.Ir.Y/c1-17(2)20-11-8-12-21(18(3)4)27(20)26-16-29-28-23-10-7-6-9-22(23)24-15-19(5)13-14-25(24)30(26)28;;;/h6-9,11-18H,1-5H3;1H3;;/q2*-1;;. The Morgan fingerprint density at radius 2 is 1.55 bits per heavy atom. The zero-order valence-corrected chi connectivity index (χ0v) is 25.5. The Hall–Kier alpha value is -1.38. The summed E-state index contributed by atoms with van der Waals surface area (Å²) in [5.74, 6) is 0.870. The Kier molecular flexibility index (Phi) is 9.21. The molecule has 0 aliphatic heterocycles. The average molecular weight is 688 g/mol. The molecule has 0 N–H and O–H groups in total. The Balaban J connectivity index is 0.00000128. The van der Waals surface area contributed by atoms with E-state index in [1.54, 1.807) is 0 Å². The van der Waals surface area contributed by atoms with E-state index >= 15 is 0 Å². The molecule has 0 saturated carbocycles. The summed E-state index contributed by atoms with van der Waals surface area (Å²) in [4.78, 5) is 4.93. The van der Waals surface area contributed by atoms with Gasteiger partial charge in [0.05, 0.1) is 11.3 Å². The van der Waals surface area contributed by atoms with E-state index in [0.717, 1.165) is 11.0 Å². The zero-order valence-electron chi connectivity index (χ0n) is 20.2. The van der Waals surface area contributed by atoms with Gasteiger partial charge >= 0.3 is 0 Å². The van der Waals surface area contributed by atoms with Crippen LogP contribution in [-0.2, 0) is 52.8 Å². The van der Waals surface area contributed by atoms with E-state index in [0.29, 0.717) is 11.8 Å². The number of aromatic nitrogens is 2. The molecule has 0 bridgehead atoms. The number of nitrogens with zero attached hydrogens (tertiary/aromatic N) is 2. The van der Waals surface area contributed by atoms with Gasteiger partial charge in [0.1, 0.15) is 0 Å². The van der Waals surface area contributed by atoms with Gasteiger partial charge < -0.3 is 11.8 Å². The third-order valence-electron chi connectivity index (χ3n) is 6.15. The van der Waals surface area contributed by atoms with Gasteiger partial charge in [-0.1, -0.05) is 69.0 Å². The molecule has 0 aliphatic rings. The predicted octanol–water partition coefficient (Wildman–Crippen LogP) is 8.11. The molecule has 2 radical (unpaired) electrons. The van der Waals surface area contributed by atoms with E-state index in [-0.39, 0.29) is 60.2 Å². The monoisotopic (exact) mass is 688 g/mol. The smallest absolute Gasteiger partial charge is 0.0639 e. The van der Waals surface area contributed by atoms with Crippen LogP contribution in [0.15, 0.2) is 60.8 Å². The summed E-state index contributed by atoms with van der Waals surface area (Å²) < 4.78 is 2.35. The quantitative estimate of drug-likeness (QED) is 0.139. The van der Waals surface area contributed by atoms with Crippen LogP contribution in [0.1, 0.15) is 56.2 Å². The SMILES string of the molecule is Cc1ccc2c(c1)c1ccc[c-]c1c1ncc(-c3c(C(C)C)cccc3C(C)C)n21.[CH3-].[Ir].[Y]. The molecule has 2 aromatic heterocycles. The maximum absolute atomic E-state index is 4.93. The van der Waals surface area contributed by atoms with Gasteiger partial charge in [0.25, 0.3) is 0 Å². The van der Waals surface area contributed by atoms with Gasteiger partial charge in [0.15, 0.2) is 0 Å². The van der Waals surface area contributed by atoms with Crippen LogP contribution in [0.25, 0.3) is 38.6 Å². The topological polar surface area (TPSA) is 17.3 Å². The minimum Gasteiger partial charge on any atom is -0.358 e. The van der Waals surface area contributed by atoms with Crippen molar-refractivity contribution in [3.63, 3.8) is 0 Å². The molecule has 0 amide bonds. The summed E-state index contributed by atoms with van der Waals surface area (Å²) in [5.41, 5.74) is 8.69. The molecule has 0 aliphatic carbocycles. The number of pyridine rings is 1. The van der Waals surface area contributed by atoms with Crippen molar-refractivity contribution in [1.29, 1.82) is 0 Å². The van der Waals surface area contributed by atoms with Crippen molar-refractivity contribution >= 4 is 27.3 Å². The normalized spacial score (nSPS) is 11.0. The molecule has 4 heteroatoms. The molecule has 0 atom stereocenters. The molecular weight excluding hydrogens is 657 g/mol. The molecule has 2 nitrogen and oxygen atoms in total. The number of imidazole rings is 1. The van der Waals surface area contributed by atoms with Crippen LogP contribution in [-0.4, -0.2) is 9.38 Å². The fourth-order valence-corrected chi connectivity index (χ4v) is 4.70. The van der Waals surface area contributed by atoms with Crippen LogP contribution in [0.3, 0.4) is 0 Å². The van der Waals surface area contributed by atoms with Crippen LogP contribution >= 0.6 is 0 Å². The van der Waals surface area contributed by atoms with Crippen molar-refractivity contribution in [2.45, 2.75) is 46.5 Å². The molecule has 0 unspecified atom stereocenters. The molecular formula is C29H30IrN2Y-2. The van der Waals surface area contributed by atoms with Crippen molar-refractivity contribution in [2.75, 3.05) is 0 Å². The number of hydrogen-bond acceptors (Lipinski definition) is 1. The molecule has 5 aromatic rings. The maximum atomic E-state index is 4.93. The minimum atomic E-state index is 0. The summed E-state index contributed by atoms with van der Waals surface area (Å²) >= 11 is 0. The second-order valence-corrected chi connectivity index (χ2v) is 8.90. The van der Waals surface area contributed by atoms with Gasteiger partial charge in [-0.25, -0.2) is 0 Å². The average Bonchev–Trinajstić information content (AvgIpc) is 3.18. The van der Waals surface area contributed by atoms with Crippen molar-refractivity contribution in [3.8, 4) is 11.3 Å². The summed E-state index contributed by atoms with van der Waals surface area (Å²) in [6.07, 6.45) is 2.06. The number of hydrogen-bond donors (Lipinski definition) is 0. The van der Waals surface area contributed by atoms with Gasteiger partial charge in [0, 0.05) is 70.1 Å². The number of benzene rings is 3. The first-order valence-electron chi connectivity index (χ1n) is 10.8. The Morgan fingerprint density at radius 3 is 2.18 bits per heavy atom. The van der Waals surface area contributed by atoms with Crippen molar-refractivity contribution in [1.82, 2.24) is 9.38 Å². The Morgan fingerprint density at radius 1 is 0.879 bits per heavy atom. The zero-order chi connectivity index (χ0) is 21.0. The van der Waals surface area contributed by atoms with Gasteiger partial charge in [-0.05, 0) is 41.3 Å². The van der Waals surface area contributed by atoms with Gasteiger partial charge in [-0.2, -0.15) is 0 Å². The fraction of sp³-hybridized carbons (Fsp3) is 0.241. The molecule has 2 heterocycles. The van der Waals surface area contributed by atoms with Gasteiger partial charge in [-0.15, -0.1) is 29.7 Å². The fourth-order valence-electron chi connectivity index (χ4n) is 4.70. The number of aryl methyl sites for hydroxylation is 1. The number of rotatable bonds is 3. The van der Waals surface area contributed by atoms with Crippen LogP contribution in [0.5, 0.6) is 0 Å². The van der Waals surface area contributed by atoms with Crippen LogP contribution < -0.4 is 0 Å². The second-order valence-electron chi connectivity index (χ2n) is 8.90. The van der Waals surface area contributed by atoms with Crippen molar-refractivity contribution < 1.29 is 52.8 Å². The summed E-state index contributed by atoms with van der Waals surface area (Å²) in [6.45, 7) is 11.3. The first-order chi connectivity index (χ1) is 14.5. The van der Waals surface area contributed by atoms with E-state index < -0.39 is 0 Å². The number of fused-ring (bicyclic) bond motifs is 6. The Labute approximate surface area is 236 Å². The molecule has 0 saturated heterocycles. The molecule has 0 spiro atoms. The third-order valence-corrected chi connectivity index (χ3v) is 6.15. The largest absolute Gasteiger partial charge is 0.358 e. The summed E-state index contributed by atoms with van der Waals surface area (Å²) in [7, 11) is 0. The summed E-state index contributed by atoms with van der Waals surface area (Å²) in [5, 5.41) is 3.54. The van der Waals surface area contributed by atoms with Crippen molar-refractivity contribution in [3.05, 3.63) is 91.0 Å². The molecule has 170 valence electrons.